The Hall–Kier alpha value is -8.34. The zero-order valence-corrected chi connectivity index (χ0v) is 36.6. The number of para-hydroxylation sites is 5. The first-order valence-electron chi connectivity index (χ1n) is 23.1. The van der Waals surface area contributed by atoms with Crippen LogP contribution in [-0.4, -0.2) is 10.6 Å². The minimum Gasteiger partial charge on any atom is -0.334 e. The standard InChI is InChI=1S/C62H48N4/c1-5-18-48(19-6-1)63(54-26-17-27-55-43-47(42-54)57-28-13-15-30-60(57)65(55)50-22-9-3-10-23-50)52-36-32-45(33-37-52)46-34-38-53(39-35-46)64(49-20-7-2-8-21-49)56-40-41-62-59(44-56)58-29-14-16-31-61(58)66(62)51-24-11-4-12-25-51/h1-18,20-26,28-44,47-48H,19,27H2. The average Bonchev–Trinajstić information content (AvgIpc) is 3.71. The molecule has 0 spiro atoms. The van der Waals surface area contributed by atoms with Gasteiger partial charge in [0.2, 0.25) is 0 Å². The molecule has 3 aliphatic rings. The zero-order valence-electron chi connectivity index (χ0n) is 36.6. The Labute approximate surface area is 386 Å². The Kier molecular flexibility index (Phi) is 10.1. The molecule has 0 amide bonds. The molecule has 12 rings (SSSR count). The second-order valence-corrected chi connectivity index (χ2v) is 17.3. The summed E-state index contributed by atoms with van der Waals surface area (Å²) in [5, 5.41) is 2.46. The summed E-state index contributed by atoms with van der Waals surface area (Å²) in [5.41, 5.74) is 16.7. The van der Waals surface area contributed by atoms with E-state index < -0.39 is 0 Å². The molecule has 0 N–H and O–H groups in total. The first-order chi connectivity index (χ1) is 32.7. The molecule has 2 bridgehead atoms. The lowest BCUT2D eigenvalue weighted by Gasteiger charge is -2.38. The van der Waals surface area contributed by atoms with Gasteiger partial charge in [0, 0.05) is 74.3 Å². The van der Waals surface area contributed by atoms with Crippen LogP contribution in [0.15, 0.2) is 266 Å². The van der Waals surface area contributed by atoms with Gasteiger partial charge < -0.3 is 19.3 Å². The molecule has 2 aliphatic carbocycles. The third-order valence-electron chi connectivity index (χ3n) is 13.3. The van der Waals surface area contributed by atoms with E-state index in [4.69, 9.17) is 0 Å². The van der Waals surface area contributed by atoms with Crippen molar-refractivity contribution in [3.05, 3.63) is 272 Å². The van der Waals surface area contributed by atoms with Crippen LogP contribution >= 0.6 is 0 Å². The van der Waals surface area contributed by atoms with E-state index in [1.165, 1.54) is 67.0 Å². The average molecular weight is 849 g/mol. The van der Waals surface area contributed by atoms with Crippen molar-refractivity contribution in [2.45, 2.75) is 24.8 Å². The van der Waals surface area contributed by atoms with E-state index >= 15 is 0 Å². The molecule has 2 heterocycles. The molecule has 0 radical (unpaired) electrons. The van der Waals surface area contributed by atoms with Crippen LogP contribution in [-0.2, 0) is 0 Å². The molecule has 1 aliphatic heterocycles. The van der Waals surface area contributed by atoms with Crippen LogP contribution in [0.5, 0.6) is 0 Å². The predicted octanol–water partition coefficient (Wildman–Crippen LogP) is 16.3. The number of hydrogen-bond donors (Lipinski definition) is 0. The van der Waals surface area contributed by atoms with Gasteiger partial charge in [0.15, 0.2) is 0 Å². The van der Waals surface area contributed by atoms with E-state index in [0.717, 1.165) is 35.6 Å². The van der Waals surface area contributed by atoms with E-state index in [1.807, 2.05) is 0 Å². The summed E-state index contributed by atoms with van der Waals surface area (Å²) in [7, 11) is 0. The van der Waals surface area contributed by atoms with Gasteiger partial charge in [0.05, 0.1) is 17.1 Å². The van der Waals surface area contributed by atoms with Crippen molar-refractivity contribution >= 4 is 55.9 Å². The highest BCUT2D eigenvalue weighted by Gasteiger charge is 2.29. The quantitative estimate of drug-likeness (QED) is 0.144. The number of benzene rings is 8. The SMILES string of the molecule is C1=CCC(N(C2=CC3C=C(CC=C2)N(c2ccccc2)c2ccccc23)c2ccc(-c3ccc(N(c4ccccc4)c4ccc5c(c4)c4ccccc4n5-c4ccccc4)cc3)cc2)C=C1. The molecule has 8 aromatic carbocycles. The maximum absolute atomic E-state index is 2.53. The van der Waals surface area contributed by atoms with Crippen LogP contribution in [0, 0.1) is 0 Å². The molecule has 4 heteroatoms. The Morgan fingerprint density at radius 3 is 1.83 bits per heavy atom. The lowest BCUT2D eigenvalue weighted by Crippen LogP contribution is -2.34. The molecule has 0 saturated carbocycles. The Morgan fingerprint density at radius 1 is 0.470 bits per heavy atom. The Bertz CT molecular complexity index is 3360. The zero-order chi connectivity index (χ0) is 43.8. The molecule has 2 atom stereocenters. The minimum absolute atomic E-state index is 0.145. The number of fused-ring (bicyclic) bond motifs is 6. The molecule has 1 aromatic heterocycles. The second kappa shape index (κ2) is 17.0. The molecular formula is C62H48N4. The summed E-state index contributed by atoms with van der Waals surface area (Å²) in [6, 6.07) is 75.0. The van der Waals surface area contributed by atoms with Crippen LogP contribution in [0.2, 0.25) is 0 Å². The highest BCUT2D eigenvalue weighted by molar-refractivity contribution is 6.10. The number of hydrogen-bond acceptors (Lipinski definition) is 3. The van der Waals surface area contributed by atoms with Crippen molar-refractivity contribution in [1.82, 2.24) is 4.57 Å². The monoisotopic (exact) mass is 848 g/mol. The third-order valence-corrected chi connectivity index (χ3v) is 13.3. The highest BCUT2D eigenvalue weighted by Crippen LogP contribution is 2.45. The van der Waals surface area contributed by atoms with Gasteiger partial charge in [-0.15, -0.1) is 0 Å². The molecule has 0 fully saturated rings. The minimum atomic E-state index is 0.145. The van der Waals surface area contributed by atoms with E-state index in [9.17, 15) is 0 Å². The van der Waals surface area contributed by atoms with Gasteiger partial charge in [0.1, 0.15) is 0 Å². The fraction of sp³-hybridized carbons (Fsp3) is 0.0645. The van der Waals surface area contributed by atoms with Crippen molar-refractivity contribution in [2.24, 2.45) is 0 Å². The van der Waals surface area contributed by atoms with Gasteiger partial charge in [-0.3, -0.25) is 0 Å². The van der Waals surface area contributed by atoms with E-state index in [-0.39, 0.29) is 12.0 Å². The van der Waals surface area contributed by atoms with Crippen LogP contribution < -0.4 is 14.7 Å². The summed E-state index contributed by atoms with van der Waals surface area (Å²) in [6.45, 7) is 0. The number of nitrogens with zero attached hydrogens (tertiary/aromatic N) is 4. The molecular weight excluding hydrogens is 801 g/mol. The van der Waals surface area contributed by atoms with Crippen molar-refractivity contribution < 1.29 is 0 Å². The van der Waals surface area contributed by atoms with Gasteiger partial charge in [-0.2, -0.15) is 0 Å². The molecule has 9 aromatic rings. The van der Waals surface area contributed by atoms with Gasteiger partial charge in [0.25, 0.3) is 0 Å². The Morgan fingerprint density at radius 2 is 1.09 bits per heavy atom. The van der Waals surface area contributed by atoms with Gasteiger partial charge in [-0.05, 0) is 126 Å². The van der Waals surface area contributed by atoms with Gasteiger partial charge >= 0.3 is 0 Å². The largest absolute Gasteiger partial charge is 0.334 e. The summed E-state index contributed by atoms with van der Waals surface area (Å²) >= 11 is 0. The van der Waals surface area contributed by atoms with Crippen molar-refractivity contribution in [3.63, 3.8) is 0 Å². The smallest absolute Gasteiger partial charge is 0.0559 e. The molecule has 4 nitrogen and oxygen atoms in total. The third kappa shape index (κ3) is 7.14. The molecule has 2 unspecified atom stereocenters. The molecule has 66 heavy (non-hydrogen) atoms. The number of rotatable bonds is 9. The fourth-order valence-corrected chi connectivity index (χ4v) is 10.3. The first kappa shape index (κ1) is 39.3. The van der Waals surface area contributed by atoms with Crippen LogP contribution in [0.1, 0.15) is 24.3 Å². The number of anilines is 6. The van der Waals surface area contributed by atoms with Crippen molar-refractivity contribution in [3.8, 4) is 16.8 Å². The van der Waals surface area contributed by atoms with Crippen LogP contribution in [0.3, 0.4) is 0 Å². The van der Waals surface area contributed by atoms with E-state index in [1.54, 1.807) is 0 Å². The van der Waals surface area contributed by atoms with E-state index in [2.05, 4.69) is 274 Å². The van der Waals surface area contributed by atoms with Crippen LogP contribution in [0.25, 0.3) is 38.6 Å². The predicted molar refractivity (Wildman–Crippen MR) is 278 cm³/mol. The normalized spacial score (nSPS) is 16.3. The molecule has 316 valence electrons. The number of aromatic nitrogens is 1. The summed E-state index contributed by atoms with van der Waals surface area (Å²) < 4.78 is 2.37. The van der Waals surface area contributed by atoms with Gasteiger partial charge in [-0.1, -0.05) is 152 Å². The van der Waals surface area contributed by atoms with Crippen molar-refractivity contribution in [2.75, 3.05) is 14.7 Å². The Balaban J connectivity index is 0.876. The molecule has 0 saturated heterocycles. The summed E-state index contributed by atoms with van der Waals surface area (Å²) in [5.74, 6) is 0.145. The lowest BCUT2D eigenvalue weighted by molar-refractivity contribution is 0.756. The highest BCUT2D eigenvalue weighted by atomic mass is 15.2. The second-order valence-electron chi connectivity index (χ2n) is 17.3. The van der Waals surface area contributed by atoms with Gasteiger partial charge in [-0.25, -0.2) is 0 Å². The number of allylic oxidation sites excluding steroid dienone is 6. The van der Waals surface area contributed by atoms with Crippen molar-refractivity contribution in [1.29, 1.82) is 0 Å². The van der Waals surface area contributed by atoms with Crippen LogP contribution in [0.4, 0.5) is 34.1 Å². The fourth-order valence-electron chi connectivity index (χ4n) is 10.3. The maximum atomic E-state index is 2.53. The summed E-state index contributed by atoms with van der Waals surface area (Å²) in [4.78, 5) is 7.32. The summed E-state index contributed by atoms with van der Waals surface area (Å²) in [6.07, 6.45) is 20.4. The first-order valence-corrected chi connectivity index (χ1v) is 23.1. The lowest BCUT2D eigenvalue weighted by atomic mass is 9.88. The topological polar surface area (TPSA) is 14.7 Å². The maximum Gasteiger partial charge on any atom is 0.0559 e. The van der Waals surface area contributed by atoms with E-state index in [0.29, 0.717) is 0 Å².